The Kier molecular flexibility index (Phi) is 5.66. The predicted molar refractivity (Wildman–Crippen MR) is 81.5 cm³/mol. The first-order valence-corrected chi connectivity index (χ1v) is 7.47. The number of esters is 3. The highest BCUT2D eigenvalue weighted by atomic mass is 16.6. The lowest BCUT2D eigenvalue weighted by molar-refractivity contribution is -0.163. The molecular weight excluding hydrogens is 320 g/mol. The van der Waals surface area contributed by atoms with Crippen LogP contribution in [0.15, 0.2) is 11.5 Å². The topological polar surface area (TPSA) is 119 Å². The largest absolute Gasteiger partial charge is 0.499 e. The SMILES string of the molecule is CC(C)(C)C(=O)OC[C@H](O)[C@H]1OC(=O)C(O)=C1OC(=O)C(C)(C)C. The highest BCUT2D eigenvalue weighted by molar-refractivity contribution is 5.90. The van der Waals surface area contributed by atoms with E-state index in [9.17, 15) is 24.6 Å². The summed E-state index contributed by atoms with van der Waals surface area (Å²) in [7, 11) is 0. The zero-order valence-corrected chi connectivity index (χ0v) is 14.7. The van der Waals surface area contributed by atoms with Crippen LogP contribution in [0.1, 0.15) is 41.5 Å². The van der Waals surface area contributed by atoms with Gasteiger partial charge in [0.2, 0.25) is 11.5 Å². The van der Waals surface area contributed by atoms with E-state index in [1.807, 2.05) is 0 Å². The van der Waals surface area contributed by atoms with Crippen molar-refractivity contribution in [1.82, 2.24) is 0 Å². The first-order valence-electron chi connectivity index (χ1n) is 7.47. The highest BCUT2D eigenvalue weighted by Gasteiger charge is 2.43. The molecule has 0 bridgehead atoms. The maximum Gasteiger partial charge on any atom is 0.378 e. The van der Waals surface area contributed by atoms with Crippen molar-refractivity contribution in [3.05, 3.63) is 11.5 Å². The van der Waals surface area contributed by atoms with Crippen molar-refractivity contribution in [1.29, 1.82) is 0 Å². The van der Waals surface area contributed by atoms with Crippen molar-refractivity contribution in [3.63, 3.8) is 0 Å². The summed E-state index contributed by atoms with van der Waals surface area (Å²) in [5, 5.41) is 19.8. The summed E-state index contributed by atoms with van der Waals surface area (Å²) < 4.78 is 14.8. The second-order valence-electron chi connectivity index (χ2n) is 7.59. The van der Waals surface area contributed by atoms with Crippen LogP contribution in [0.25, 0.3) is 0 Å². The fourth-order valence-electron chi connectivity index (χ4n) is 1.54. The minimum Gasteiger partial charge on any atom is -0.499 e. The van der Waals surface area contributed by atoms with Gasteiger partial charge >= 0.3 is 17.9 Å². The Morgan fingerprint density at radius 2 is 1.62 bits per heavy atom. The molecule has 1 aliphatic rings. The first-order chi connectivity index (χ1) is 10.7. The van der Waals surface area contributed by atoms with E-state index in [2.05, 4.69) is 0 Å². The molecule has 2 N–H and O–H groups in total. The monoisotopic (exact) mass is 344 g/mol. The molecule has 0 spiro atoms. The number of carbonyl (C=O) groups excluding carboxylic acids is 3. The maximum absolute atomic E-state index is 11.9. The van der Waals surface area contributed by atoms with Gasteiger partial charge in [-0.1, -0.05) is 0 Å². The van der Waals surface area contributed by atoms with Gasteiger partial charge in [0, 0.05) is 0 Å². The van der Waals surface area contributed by atoms with Crippen molar-refractivity contribution in [2.45, 2.75) is 53.8 Å². The Morgan fingerprint density at radius 3 is 2.08 bits per heavy atom. The molecule has 24 heavy (non-hydrogen) atoms. The molecule has 8 nitrogen and oxygen atoms in total. The van der Waals surface area contributed by atoms with Crippen molar-refractivity contribution < 1.29 is 38.8 Å². The van der Waals surface area contributed by atoms with Crippen molar-refractivity contribution in [2.75, 3.05) is 6.61 Å². The molecule has 0 aromatic heterocycles. The highest BCUT2D eigenvalue weighted by Crippen LogP contribution is 2.28. The van der Waals surface area contributed by atoms with Crippen molar-refractivity contribution in [3.8, 4) is 0 Å². The van der Waals surface area contributed by atoms with Crippen molar-refractivity contribution >= 4 is 17.9 Å². The lowest BCUT2D eigenvalue weighted by Crippen LogP contribution is -2.37. The van der Waals surface area contributed by atoms with Gasteiger partial charge in [-0.25, -0.2) is 4.79 Å². The van der Waals surface area contributed by atoms with Gasteiger partial charge in [-0.15, -0.1) is 0 Å². The van der Waals surface area contributed by atoms with Gasteiger partial charge in [-0.05, 0) is 41.5 Å². The molecule has 1 heterocycles. The fourth-order valence-corrected chi connectivity index (χ4v) is 1.54. The number of carbonyl (C=O) groups is 3. The van der Waals surface area contributed by atoms with Gasteiger partial charge in [0.25, 0.3) is 0 Å². The number of aliphatic hydroxyl groups is 2. The molecule has 8 heteroatoms. The lowest BCUT2D eigenvalue weighted by Gasteiger charge is -2.23. The van der Waals surface area contributed by atoms with Crippen molar-refractivity contribution in [2.24, 2.45) is 10.8 Å². The van der Waals surface area contributed by atoms with Crippen LogP contribution in [0.2, 0.25) is 0 Å². The van der Waals surface area contributed by atoms with Gasteiger partial charge in [0.1, 0.15) is 12.7 Å². The van der Waals surface area contributed by atoms with E-state index in [0.717, 1.165) is 0 Å². The summed E-state index contributed by atoms with van der Waals surface area (Å²) in [6, 6.07) is 0. The third-order valence-electron chi connectivity index (χ3n) is 3.08. The predicted octanol–water partition coefficient (Wildman–Crippen LogP) is 1.22. The molecule has 2 atom stereocenters. The van der Waals surface area contributed by atoms with E-state index in [1.54, 1.807) is 41.5 Å². The second-order valence-corrected chi connectivity index (χ2v) is 7.59. The van der Waals surface area contributed by atoms with E-state index >= 15 is 0 Å². The van der Waals surface area contributed by atoms with Crippen LogP contribution >= 0.6 is 0 Å². The zero-order chi connectivity index (χ0) is 18.9. The summed E-state index contributed by atoms with van der Waals surface area (Å²) in [5.74, 6) is -3.78. The first kappa shape index (κ1) is 20.0. The van der Waals surface area contributed by atoms with Gasteiger partial charge in [-0.2, -0.15) is 0 Å². The quantitative estimate of drug-likeness (QED) is 0.577. The molecule has 136 valence electrons. The summed E-state index contributed by atoms with van der Waals surface area (Å²) in [5.41, 5.74) is -1.67. The van der Waals surface area contributed by atoms with Gasteiger partial charge < -0.3 is 24.4 Å². The maximum atomic E-state index is 11.9. The molecule has 0 aromatic rings. The standard InChI is InChI=1S/C16H24O8/c1-15(2,3)13(20)22-7-8(17)10-11(9(18)12(19)23-10)24-14(21)16(4,5)6/h8,10,17-18H,7H2,1-6H3/t8-,10+/m0/s1. The molecule has 0 fully saturated rings. The molecule has 0 radical (unpaired) electrons. The molecule has 0 saturated heterocycles. The van der Waals surface area contributed by atoms with Crippen LogP contribution in [0.5, 0.6) is 0 Å². The van der Waals surface area contributed by atoms with Crippen LogP contribution < -0.4 is 0 Å². The smallest absolute Gasteiger partial charge is 0.378 e. The normalized spacial score (nSPS) is 19.8. The summed E-state index contributed by atoms with van der Waals surface area (Å²) in [4.78, 5) is 35.1. The van der Waals surface area contributed by atoms with Gasteiger partial charge in [-0.3, -0.25) is 9.59 Å². The molecule has 0 aliphatic carbocycles. The van der Waals surface area contributed by atoms with Crippen LogP contribution in [0, 0.1) is 10.8 Å². The Labute approximate surface area is 140 Å². The molecule has 0 unspecified atom stereocenters. The molecule has 0 aromatic carbocycles. The van der Waals surface area contributed by atoms with Gasteiger partial charge in [0.05, 0.1) is 10.8 Å². The second kappa shape index (κ2) is 6.80. The Bertz CT molecular complexity index is 562. The lowest BCUT2D eigenvalue weighted by atomic mass is 9.97. The van der Waals surface area contributed by atoms with E-state index < -0.39 is 59.1 Å². The van der Waals surface area contributed by atoms with Crippen LogP contribution in [-0.4, -0.2) is 46.9 Å². The van der Waals surface area contributed by atoms with E-state index in [0.29, 0.717) is 0 Å². The Balaban J connectivity index is 2.84. The molecule has 0 saturated carbocycles. The van der Waals surface area contributed by atoms with Gasteiger partial charge in [0.15, 0.2) is 6.10 Å². The fraction of sp³-hybridized carbons (Fsp3) is 0.688. The van der Waals surface area contributed by atoms with Crippen LogP contribution in [0.4, 0.5) is 0 Å². The summed E-state index contributed by atoms with van der Waals surface area (Å²) in [6.07, 6.45) is -2.93. The molecule has 1 rings (SSSR count). The minimum absolute atomic E-state index is 0.487. The number of cyclic esters (lactones) is 1. The zero-order valence-electron chi connectivity index (χ0n) is 14.7. The minimum atomic E-state index is -1.49. The molecular formula is C16H24O8. The summed E-state index contributed by atoms with van der Waals surface area (Å²) in [6.45, 7) is 9.18. The van der Waals surface area contributed by atoms with Crippen LogP contribution in [0.3, 0.4) is 0 Å². The number of hydrogen-bond acceptors (Lipinski definition) is 8. The third kappa shape index (κ3) is 4.70. The number of hydrogen-bond donors (Lipinski definition) is 2. The number of aliphatic hydroxyl groups excluding tert-OH is 2. The summed E-state index contributed by atoms with van der Waals surface area (Å²) >= 11 is 0. The average Bonchev–Trinajstić information content (AvgIpc) is 2.70. The molecule has 0 amide bonds. The Hall–Kier alpha value is -2.09. The van der Waals surface area contributed by atoms with E-state index in [4.69, 9.17) is 14.2 Å². The van der Waals surface area contributed by atoms with Crippen LogP contribution in [-0.2, 0) is 28.6 Å². The number of rotatable bonds is 4. The Morgan fingerprint density at radius 1 is 1.12 bits per heavy atom. The number of ether oxygens (including phenoxy) is 3. The third-order valence-corrected chi connectivity index (χ3v) is 3.08. The van der Waals surface area contributed by atoms with E-state index in [-0.39, 0.29) is 0 Å². The molecule has 1 aliphatic heterocycles. The van der Waals surface area contributed by atoms with E-state index in [1.165, 1.54) is 0 Å². The average molecular weight is 344 g/mol.